The molecule has 1 heterocycles. The van der Waals surface area contributed by atoms with E-state index in [0.717, 1.165) is 45.4 Å². The molecule has 7 heteroatoms. The van der Waals surface area contributed by atoms with E-state index in [9.17, 15) is 0 Å². The molecule has 0 amide bonds. The topological polar surface area (TPSA) is 58.1 Å². The molecule has 0 bridgehead atoms. The Kier molecular flexibility index (Phi) is 10.7. The van der Waals surface area contributed by atoms with Gasteiger partial charge in [0, 0.05) is 38.8 Å². The number of morpholine rings is 1. The number of nitrogens with one attached hydrogen (secondary N) is 2. The summed E-state index contributed by atoms with van der Waals surface area (Å²) >= 11 is 0. The van der Waals surface area contributed by atoms with Gasteiger partial charge in [0.1, 0.15) is 0 Å². The van der Waals surface area contributed by atoms with Crippen molar-refractivity contribution in [1.29, 1.82) is 0 Å². The van der Waals surface area contributed by atoms with Crippen molar-refractivity contribution in [2.75, 3.05) is 53.0 Å². The zero-order valence-corrected chi connectivity index (χ0v) is 19.4. The van der Waals surface area contributed by atoms with Gasteiger partial charge in [-0.1, -0.05) is 19.3 Å². The van der Waals surface area contributed by atoms with Crippen LogP contribution in [-0.4, -0.2) is 75.0 Å². The molecule has 0 unspecified atom stereocenters. The monoisotopic (exact) mass is 482 g/mol. The fourth-order valence-electron chi connectivity index (χ4n) is 3.78. The third-order valence-electron chi connectivity index (χ3n) is 5.57. The van der Waals surface area contributed by atoms with Crippen LogP contribution in [0.1, 0.15) is 52.9 Å². The number of ether oxygens (including phenoxy) is 2. The number of hydrogen-bond acceptors (Lipinski definition) is 4. The number of hydrogen-bond donors (Lipinski definition) is 2. The number of guanidine groups is 1. The van der Waals surface area contributed by atoms with E-state index in [2.05, 4.69) is 36.3 Å². The SMILES string of the molecule is CCNC(=NCC(C)(C)OC)NCC1(N2CCOCC2)CCCCC1.I. The van der Waals surface area contributed by atoms with Crippen LogP contribution in [0.25, 0.3) is 0 Å². The van der Waals surface area contributed by atoms with E-state index in [4.69, 9.17) is 14.5 Å². The van der Waals surface area contributed by atoms with Crippen molar-refractivity contribution in [3.05, 3.63) is 0 Å². The predicted octanol–water partition coefficient (Wildman–Crippen LogP) is 2.62. The first-order valence-corrected chi connectivity index (χ1v) is 9.91. The molecule has 26 heavy (non-hydrogen) atoms. The van der Waals surface area contributed by atoms with Crippen molar-refractivity contribution in [3.63, 3.8) is 0 Å². The Morgan fingerprint density at radius 1 is 1.15 bits per heavy atom. The summed E-state index contributed by atoms with van der Waals surface area (Å²) in [7, 11) is 1.74. The Labute approximate surface area is 176 Å². The van der Waals surface area contributed by atoms with E-state index < -0.39 is 0 Å². The summed E-state index contributed by atoms with van der Waals surface area (Å²) in [5.41, 5.74) is 0.00405. The molecule has 0 aromatic rings. The maximum absolute atomic E-state index is 5.58. The third-order valence-corrected chi connectivity index (χ3v) is 5.57. The molecule has 2 N–H and O–H groups in total. The lowest BCUT2D eigenvalue weighted by molar-refractivity contribution is -0.0353. The van der Waals surface area contributed by atoms with E-state index in [-0.39, 0.29) is 35.1 Å². The van der Waals surface area contributed by atoms with Crippen molar-refractivity contribution >= 4 is 29.9 Å². The molecule has 6 nitrogen and oxygen atoms in total. The average molecular weight is 482 g/mol. The summed E-state index contributed by atoms with van der Waals surface area (Å²) in [5, 5.41) is 7.01. The van der Waals surface area contributed by atoms with Crippen LogP contribution in [0.15, 0.2) is 4.99 Å². The number of aliphatic imine (C=N–C) groups is 1. The molecule has 154 valence electrons. The standard InChI is InChI=1S/C19H38N4O2.HI/c1-5-20-17(21-15-18(2,3)24-4)22-16-19(9-7-6-8-10-19)23-11-13-25-14-12-23;/h5-16H2,1-4H3,(H2,20,21,22);1H. The quantitative estimate of drug-likeness (QED) is 0.332. The van der Waals surface area contributed by atoms with Gasteiger partial charge in [-0.3, -0.25) is 9.89 Å². The Morgan fingerprint density at radius 3 is 2.38 bits per heavy atom. The van der Waals surface area contributed by atoms with Gasteiger partial charge < -0.3 is 20.1 Å². The van der Waals surface area contributed by atoms with E-state index in [1.54, 1.807) is 7.11 Å². The Balaban J connectivity index is 0.00000338. The molecule has 0 aromatic carbocycles. The molecule has 0 aromatic heterocycles. The van der Waals surface area contributed by atoms with Crippen LogP contribution in [0.5, 0.6) is 0 Å². The molecule has 2 fully saturated rings. The molecule has 1 saturated carbocycles. The summed E-state index contributed by atoms with van der Waals surface area (Å²) in [6.07, 6.45) is 6.54. The zero-order chi connectivity index (χ0) is 18.2. The van der Waals surface area contributed by atoms with E-state index in [0.29, 0.717) is 6.54 Å². The molecule has 1 aliphatic heterocycles. The maximum Gasteiger partial charge on any atom is 0.191 e. The smallest absolute Gasteiger partial charge is 0.191 e. The van der Waals surface area contributed by atoms with Crippen LogP contribution in [0, 0.1) is 0 Å². The second-order valence-corrected chi connectivity index (χ2v) is 7.90. The van der Waals surface area contributed by atoms with Crippen molar-refractivity contribution < 1.29 is 9.47 Å². The summed E-state index contributed by atoms with van der Waals surface area (Å²) < 4.78 is 11.1. The third kappa shape index (κ3) is 7.13. The fraction of sp³-hybridized carbons (Fsp3) is 0.947. The van der Waals surface area contributed by atoms with Gasteiger partial charge >= 0.3 is 0 Å². The summed E-state index contributed by atoms with van der Waals surface area (Å²) in [6, 6.07) is 0. The predicted molar refractivity (Wildman–Crippen MR) is 119 cm³/mol. The van der Waals surface area contributed by atoms with Gasteiger partial charge in [-0.2, -0.15) is 0 Å². The first-order chi connectivity index (χ1) is 12.0. The van der Waals surface area contributed by atoms with E-state index in [1.165, 1.54) is 32.1 Å². The zero-order valence-electron chi connectivity index (χ0n) is 17.1. The van der Waals surface area contributed by atoms with Crippen LogP contribution >= 0.6 is 24.0 Å². The second kappa shape index (κ2) is 11.7. The molecule has 0 radical (unpaired) electrons. The largest absolute Gasteiger partial charge is 0.379 e. The normalized spacial score (nSPS) is 21.8. The Hall–Kier alpha value is -0.120. The van der Waals surface area contributed by atoms with Crippen molar-refractivity contribution in [2.45, 2.75) is 64.0 Å². The van der Waals surface area contributed by atoms with Gasteiger partial charge in [0.2, 0.25) is 0 Å². The number of methoxy groups -OCH3 is 1. The van der Waals surface area contributed by atoms with Crippen molar-refractivity contribution in [3.8, 4) is 0 Å². The molecule has 2 aliphatic rings. The lowest BCUT2D eigenvalue weighted by atomic mass is 9.80. The van der Waals surface area contributed by atoms with E-state index in [1.807, 2.05) is 0 Å². The fourth-order valence-corrected chi connectivity index (χ4v) is 3.78. The highest BCUT2D eigenvalue weighted by molar-refractivity contribution is 14.0. The highest BCUT2D eigenvalue weighted by Gasteiger charge is 2.38. The van der Waals surface area contributed by atoms with Gasteiger partial charge in [-0.15, -0.1) is 24.0 Å². The van der Waals surface area contributed by atoms with Crippen molar-refractivity contribution in [1.82, 2.24) is 15.5 Å². The minimum Gasteiger partial charge on any atom is -0.379 e. The molecular weight excluding hydrogens is 443 g/mol. The van der Waals surface area contributed by atoms with Gasteiger partial charge in [-0.25, -0.2) is 0 Å². The van der Waals surface area contributed by atoms with Crippen LogP contribution < -0.4 is 10.6 Å². The van der Waals surface area contributed by atoms with Crippen LogP contribution in [-0.2, 0) is 9.47 Å². The summed E-state index contributed by atoms with van der Waals surface area (Å²) in [5.74, 6) is 0.894. The highest BCUT2D eigenvalue weighted by Crippen LogP contribution is 2.33. The summed E-state index contributed by atoms with van der Waals surface area (Å²) in [4.78, 5) is 7.40. The van der Waals surface area contributed by atoms with Gasteiger partial charge in [0.25, 0.3) is 0 Å². The molecule has 0 spiro atoms. The minimum absolute atomic E-state index is 0. The van der Waals surface area contributed by atoms with Crippen LogP contribution in [0.3, 0.4) is 0 Å². The van der Waals surface area contributed by atoms with Gasteiger partial charge in [0.15, 0.2) is 5.96 Å². The first kappa shape index (κ1) is 23.9. The Morgan fingerprint density at radius 2 is 1.81 bits per heavy atom. The number of rotatable bonds is 7. The number of halogens is 1. The molecule has 1 aliphatic carbocycles. The minimum atomic E-state index is -0.241. The van der Waals surface area contributed by atoms with E-state index >= 15 is 0 Å². The number of nitrogens with zero attached hydrogens (tertiary/aromatic N) is 2. The Bertz CT molecular complexity index is 420. The molecule has 1 saturated heterocycles. The average Bonchev–Trinajstić information content (AvgIpc) is 2.65. The molecular formula is C19H39IN4O2. The second-order valence-electron chi connectivity index (χ2n) is 7.90. The maximum atomic E-state index is 5.58. The summed E-state index contributed by atoms with van der Waals surface area (Å²) in [6.45, 7) is 12.5. The molecule has 0 atom stereocenters. The van der Waals surface area contributed by atoms with Crippen molar-refractivity contribution in [2.24, 2.45) is 4.99 Å². The highest BCUT2D eigenvalue weighted by atomic mass is 127. The lowest BCUT2D eigenvalue weighted by Crippen LogP contribution is -2.60. The van der Waals surface area contributed by atoms with Gasteiger partial charge in [-0.05, 0) is 33.6 Å². The first-order valence-electron chi connectivity index (χ1n) is 9.91. The van der Waals surface area contributed by atoms with Crippen LogP contribution in [0.2, 0.25) is 0 Å². The lowest BCUT2D eigenvalue weighted by Gasteiger charge is -2.48. The van der Waals surface area contributed by atoms with Crippen LogP contribution in [0.4, 0.5) is 0 Å². The van der Waals surface area contributed by atoms with Gasteiger partial charge in [0.05, 0.1) is 25.4 Å². The molecule has 2 rings (SSSR count).